The largest absolute Gasteiger partial charge is 0.464 e. The second-order valence-corrected chi connectivity index (χ2v) is 17.3. The number of carbonyl (C=O) groups is 3. The van der Waals surface area contributed by atoms with Gasteiger partial charge < -0.3 is 24.1 Å². The van der Waals surface area contributed by atoms with Gasteiger partial charge in [-0.2, -0.15) is 0 Å². The quantitative estimate of drug-likeness (QED) is 0.221. The van der Waals surface area contributed by atoms with E-state index in [0.717, 1.165) is 57.6 Å². The van der Waals surface area contributed by atoms with Crippen molar-refractivity contribution < 1.29 is 28.6 Å². The van der Waals surface area contributed by atoms with E-state index in [2.05, 4.69) is 60.3 Å². The summed E-state index contributed by atoms with van der Waals surface area (Å²) in [4.78, 5) is 50.8. The molecule has 2 N–H and O–H groups in total. The van der Waals surface area contributed by atoms with E-state index >= 15 is 0 Å². The van der Waals surface area contributed by atoms with E-state index in [1.807, 2.05) is 18.4 Å². The Morgan fingerprint density at radius 1 is 1.23 bits per heavy atom. The highest BCUT2D eigenvalue weighted by Crippen LogP contribution is 2.46. The number of carbonyl (C=O) groups excluding carboxylic acids is 3. The third-order valence-corrected chi connectivity index (χ3v) is 11.3. The molecule has 1 aliphatic carbocycles. The Hall–Kier alpha value is -4.33. The number of esters is 1. The van der Waals surface area contributed by atoms with Crippen molar-refractivity contribution in [3.05, 3.63) is 58.2 Å². The number of nitrogens with zero attached hydrogens (tertiary/aromatic N) is 4. The Morgan fingerprint density at radius 3 is 2.75 bits per heavy atom. The molecule has 2 amide bonds. The number of hydrogen-bond donors (Lipinski definition) is 2. The molecule has 7 rings (SSSR count). The standard InChI is InChI=1S/C40H50N6O6S/c1-9-45-31-13-12-23-15-27(31)28(35(45)25-11-10-14-41-33(25)22(2)50-8)18-40(6,7)21-51-37(48)34-26-16-24(26)19-46(44-34)36(47)29(17-32-42-30(23)20-53-32)43-38(49)52-39(3,4)5/h10-15,20,22,24,26,29,34,44H,9,16-19,21H2,1-8H3,(H,43,49)/t22-,24?,26?,29-,34-/m0/s1. The number of hydrogen-bond acceptors (Lipinski definition) is 10. The van der Waals surface area contributed by atoms with Gasteiger partial charge in [-0.25, -0.2) is 15.2 Å². The van der Waals surface area contributed by atoms with Crippen LogP contribution in [0.25, 0.3) is 33.4 Å². The molecular formula is C40H50N6O6S. The van der Waals surface area contributed by atoms with Gasteiger partial charge in [0.05, 0.1) is 34.8 Å². The van der Waals surface area contributed by atoms with Crippen molar-refractivity contribution in [3.8, 4) is 22.5 Å². The smallest absolute Gasteiger partial charge is 0.408 e. The number of thiazole rings is 1. The lowest BCUT2D eigenvalue weighted by atomic mass is 9.84. The summed E-state index contributed by atoms with van der Waals surface area (Å²) in [5.74, 6) is -0.483. The molecule has 282 valence electrons. The molecule has 1 aromatic carbocycles. The molecule has 5 atom stereocenters. The fourth-order valence-electron chi connectivity index (χ4n) is 7.71. The van der Waals surface area contributed by atoms with Gasteiger partial charge in [-0.3, -0.25) is 19.6 Å². The minimum Gasteiger partial charge on any atom is -0.464 e. The van der Waals surface area contributed by atoms with Crippen LogP contribution in [0.15, 0.2) is 41.9 Å². The number of aryl methyl sites for hydroxylation is 1. The predicted molar refractivity (Wildman–Crippen MR) is 203 cm³/mol. The summed E-state index contributed by atoms with van der Waals surface area (Å²) in [6.45, 7) is 15.1. The van der Waals surface area contributed by atoms with Gasteiger partial charge >= 0.3 is 12.1 Å². The van der Waals surface area contributed by atoms with Gasteiger partial charge in [-0.1, -0.05) is 19.9 Å². The van der Waals surface area contributed by atoms with Crippen LogP contribution in [-0.2, 0) is 43.2 Å². The van der Waals surface area contributed by atoms with Crippen LogP contribution in [0.3, 0.4) is 0 Å². The van der Waals surface area contributed by atoms with E-state index in [-0.39, 0.29) is 42.8 Å². The molecule has 2 fully saturated rings. The Labute approximate surface area is 314 Å². The Kier molecular flexibility index (Phi) is 9.88. The van der Waals surface area contributed by atoms with Crippen LogP contribution in [0.5, 0.6) is 0 Å². The number of cyclic esters (lactones) is 1. The summed E-state index contributed by atoms with van der Waals surface area (Å²) in [7, 11) is 1.69. The monoisotopic (exact) mass is 742 g/mol. The molecule has 3 aliphatic rings. The first-order valence-electron chi connectivity index (χ1n) is 18.5. The number of amides is 2. The summed E-state index contributed by atoms with van der Waals surface area (Å²) < 4.78 is 19.8. The van der Waals surface area contributed by atoms with E-state index in [0.29, 0.717) is 18.0 Å². The number of ether oxygens (including phenoxy) is 3. The molecule has 4 aromatic rings. The first kappa shape index (κ1) is 37.0. The Balaban J connectivity index is 1.36. The lowest BCUT2D eigenvalue weighted by Crippen LogP contribution is -2.61. The minimum atomic E-state index is -0.973. The molecule has 2 aliphatic heterocycles. The van der Waals surface area contributed by atoms with Gasteiger partial charge in [0.15, 0.2) is 0 Å². The number of nitrogens with one attached hydrogen (secondary N) is 2. The number of fused-ring (bicyclic) bond motifs is 8. The van der Waals surface area contributed by atoms with Crippen LogP contribution in [0.1, 0.15) is 77.3 Å². The predicted octanol–water partition coefficient (Wildman–Crippen LogP) is 6.47. The molecule has 1 saturated carbocycles. The van der Waals surface area contributed by atoms with E-state index in [4.69, 9.17) is 24.2 Å². The molecular weight excluding hydrogens is 693 g/mol. The molecule has 5 heterocycles. The first-order valence-corrected chi connectivity index (χ1v) is 19.4. The summed E-state index contributed by atoms with van der Waals surface area (Å²) >= 11 is 1.44. The Bertz CT molecular complexity index is 2050. The highest BCUT2D eigenvalue weighted by molar-refractivity contribution is 7.10. The van der Waals surface area contributed by atoms with Gasteiger partial charge in [0.1, 0.15) is 17.7 Å². The first-order chi connectivity index (χ1) is 25.2. The van der Waals surface area contributed by atoms with Crippen molar-refractivity contribution >= 4 is 40.2 Å². The fraction of sp³-hybridized carbons (Fsp3) is 0.525. The number of pyridine rings is 1. The number of benzene rings is 1. The van der Waals surface area contributed by atoms with Crippen molar-refractivity contribution in [2.75, 3.05) is 20.3 Å². The number of alkyl carbamates (subject to hydrolysis) is 1. The van der Waals surface area contributed by atoms with Crippen molar-refractivity contribution in [1.29, 1.82) is 0 Å². The normalized spacial score (nSPS) is 23.5. The molecule has 0 radical (unpaired) electrons. The van der Waals surface area contributed by atoms with E-state index < -0.39 is 29.2 Å². The third-order valence-electron chi connectivity index (χ3n) is 10.4. The number of aromatic nitrogens is 3. The second-order valence-electron chi connectivity index (χ2n) is 16.3. The number of hydrazine groups is 1. The fourth-order valence-corrected chi connectivity index (χ4v) is 8.56. The average Bonchev–Trinajstić information content (AvgIpc) is 3.65. The summed E-state index contributed by atoms with van der Waals surface area (Å²) in [6.07, 6.45) is 2.47. The van der Waals surface area contributed by atoms with Crippen LogP contribution in [0.4, 0.5) is 4.79 Å². The van der Waals surface area contributed by atoms with Crippen LogP contribution in [-0.4, -0.2) is 75.5 Å². The van der Waals surface area contributed by atoms with Crippen LogP contribution < -0.4 is 10.7 Å². The van der Waals surface area contributed by atoms with Crippen LogP contribution in [0, 0.1) is 17.3 Å². The average molecular weight is 743 g/mol. The van der Waals surface area contributed by atoms with E-state index in [1.165, 1.54) is 16.3 Å². The summed E-state index contributed by atoms with van der Waals surface area (Å²) in [6, 6.07) is 8.84. The minimum absolute atomic E-state index is 0.0818. The molecule has 6 bridgehead atoms. The second kappa shape index (κ2) is 14.1. The lowest BCUT2D eigenvalue weighted by Gasteiger charge is -2.35. The van der Waals surface area contributed by atoms with Gasteiger partial charge in [0.25, 0.3) is 5.91 Å². The molecule has 1 saturated heterocycles. The maximum Gasteiger partial charge on any atom is 0.408 e. The van der Waals surface area contributed by atoms with Gasteiger partial charge in [0.2, 0.25) is 0 Å². The number of rotatable bonds is 5. The zero-order valence-electron chi connectivity index (χ0n) is 31.8. The molecule has 12 nitrogen and oxygen atoms in total. The third kappa shape index (κ3) is 7.56. The highest BCUT2D eigenvalue weighted by atomic mass is 32.1. The van der Waals surface area contributed by atoms with Crippen LogP contribution in [0.2, 0.25) is 0 Å². The van der Waals surface area contributed by atoms with Crippen molar-refractivity contribution in [2.24, 2.45) is 17.3 Å². The molecule has 13 heteroatoms. The highest BCUT2D eigenvalue weighted by Gasteiger charge is 2.53. The molecule has 2 unspecified atom stereocenters. The molecule has 3 aromatic heterocycles. The Morgan fingerprint density at radius 2 is 2.02 bits per heavy atom. The zero-order chi connectivity index (χ0) is 37.8. The maximum atomic E-state index is 14.2. The number of methoxy groups -OCH3 is 1. The van der Waals surface area contributed by atoms with Crippen molar-refractivity contribution in [1.82, 2.24) is 30.3 Å². The SMILES string of the molecule is CCn1c(-c2cccnc2[C@H](C)OC)c2c3cc(ccc31)-c1csc(n1)C[C@H](NC(=O)OC(C)(C)C)C(=O)N1CC3CC3[C@H](N1)C(=O)OCC(C)(C)C2. The van der Waals surface area contributed by atoms with Crippen molar-refractivity contribution in [2.45, 2.75) is 98.1 Å². The summed E-state index contributed by atoms with van der Waals surface area (Å²) in [5, 5.41) is 8.06. The van der Waals surface area contributed by atoms with Crippen LogP contribution >= 0.6 is 11.3 Å². The maximum absolute atomic E-state index is 14.2. The molecule has 0 spiro atoms. The van der Waals surface area contributed by atoms with E-state index in [1.54, 1.807) is 34.1 Å². The van der Waals surface area contributed by atoms with Gasteiger partial charge in [-0.05, 0) is 89.1 Å². The zero-order valence-corrected chi connectivity index (χ0v) is 32.6. The van der Waals surface area contributed by atoms with Gasteiger partial charge in [-0.15, -0.1) is 11.3 Å². The lowest BCUT2D eigenvalue weighted by molar-refractivity contribution is -0.155. The van der Waals surface area contributed by atoms with Gasteiger partial charge in [0, 0.05) is 65.6 Å². The van der Waals surface area contributed by atoms with E-state index in [9.17, 15) is 14.4 Å². The topological polar surface area (TPSA) is 137 Å². The summed E-state index contributed by atoms with van der Waals surface area (Å²) in [5.41, 5.74) is 8.84. The van der Waals surface area contributed by atoms with Crippen molar-refractivity contribution in [3.63, 3.8) is 0 Å². The molecule has 53 heavy (non-hydrogen) atoms.